The van der Waals surface area contributed by atoms with Gasteiger partial charge in [0, 0.05) is 17.8 Å². The number of aryl methyl sites for hydroxylation is 1. The Hall–Kier alpha value is -2.31. The van der Waals surface area contributed by atoms with Crippen LogP contribution >= 0.6 is 0 Å². The van der Waals surface area contributed by atoms with Gasteiger partial charge < -0.3 is 10.6 Å². The molecule has 0 saturated heterocycles. The Morgan fingerprint density at radius 2 is 1.79 bits per heavy atom. The molecule has 0 amide bonds. The van der Waals surface area contributed by atoms with Gasteiger partial charge in [-0.3, -0.25) is 0 Å². The second-order valence-corrected chi connectivity index (χ2v) is 6.03. The number of halogens is 3. The number of para-hydroxylation sites is 1. The zero-order valence-electron chi connectivity index (χ0n) is 13.3. The van der Waals surface area contributed by atoms with Crippen LogP contribution in [0, 0.1) is 6.92 Å². The molecule has 0 spiro atoms. The van der Waals surface area contributed by atoms with Gasteiger partial charge >= 0.3 is 6.18 Å². The van der Waals surface area contributed by atoms with Gasteiger partial charge in [-0.2, -0.15) is 18.2 Å². The van der Waals surface area contributed by atoms with Crippen molar-refractivity contribution in [3.05, 3.63) is 41.6 Å². The van der Waals surface area contributed by atoms with Crippen molar-refractivity contribution in [3.8, 4) is 0 Å². The summed E-state index contributed by atoms with van der Waals surface area (Å²) in [5, 5.41) is 5.99. The molecule has 0 aliphatic heterocycles. The van der Waals surface area contributed by atoms with E-state index in [1.165, 1.54) is 0 Å². The van der Waals surface area contributed by atoms with Crippen molar-refractivity contribution < 1.29 is 13.2 Å². The minimum absolute atomic E-state index is 0.0211. The fraction of sp³-hybridized carbons (Fsp3) is 0.412. The summed E-state index contributed by atoms with van der Waals surface area (Å²) in [4.78, 5) is 7.86. The van der Waals surface area contributed by atoms with Crippen LogP contribution < -0.4 is 10.6 Å². The molecule has 1 aliphatic carbocycles. The Bertz CT molecular complexity index is 709. The van der Waals surface area contributed by atoms with E-state index in [4.69, 9.17) is 0 Å². The summed E-state index contributed by atoms with van der Waals surface area (Å²) in [5.74, 6) is 0.153. The van der Waals surface area contributed by atoms with Gasteiger partial charge in [0.2, 0.25) is 5.95 Å². The molecule has 7 heteroatoms. The van der Waals surface area contributed by atoms with Gasteiger partial charge in [0.15, 0.2) is 5.69 Å². The van der Waals surface area contributed by atoms with Gasteiger partial charge in [-0.15, -0.1) is 0 Å². The Morgan fingerprint density at radius 1 is 1.08 bits per heavy atom. The lowest BCUT2D eigenvalue weighted by Crippen LogP contribution is -2.19. The number of benzene rings is 1. The molecule has 0 bridgehead atoms. The normalized spacial score (nSPS) is 15.5. The Labute approximate surface area is 138 Å². The molecule has 3 rings (SSSR count). The third-order valence-electron chi connectivity index (χ3n) is 4.11. The standard InChI is InChI=1S/C17H19F3N4/c1-11-6-2-5-9-13(11)22-15-10-14(17(18,19)20)23-16(24-15)21-12-7-3-4-8-12/h2,5-6,9-10,12H,3-4,7-8H2,1H3,(H2,21,22,23,24). The maximum atomic E-state index is 13.1. The van der Waals surface area contributed by atoms with Gasteiger partial charge in [0.1, 0.15) is 5.82 Å². The summed E-state index contributed by atoms with van der Waals surface area (Å²) >= 11 is 0. The van der Waals surface area contributed by atoms with E-state index >= 15 is 0 Å². The quantitative estimate of drug-likeness (QED) is 0.833. The van der Waals surface area contributed by atoms with E-state index in [-0.39, 0.29) is 17.8 Å². The number of alkyl halides is 3. The molecule has 2 aromatic rings. The summed E-state index contributed by atoms with van der Waals surface area (Å²) < 4.78 is 39.4. The molecule has 2 N–H and O–H groups in total. The van der Waals surface area contributed by atoms with Crippen molar-refractivity contribution in [2.45, 2.75) is 44.8 Å². The van der Waals surface area contributed by atoms with Crippen LogP contribution in [0.25, 0.3) is 0 Å². The first-order chi connectivity index (χ1) is 11.4. The van der Waals surface area contributed by atoms with Crippen LogP contribution in [0.15, 0.2) is 30.3 Å². The number of hydrogen-bond acceptors (Lipinski definition) is 4. The largest absolute Gasteiger partial charge is 0.433 e. The lowest BCUT2D eigenvalue weighted by atomic mass is 10.2. The lowest BCUT2D eigenvalue weighted by molar-refractivity contribution is -0.141. The van der Waals surface area contributed by atoms with Crippen molar-refractivity contribution in [2.75, 3.05) is 10.6 Å². The van der Waals surface area contributed by atoms with Crippen LogP contribution in [0.5, 0.6) is 0 Å². The van der Waals surface area contributed by atoms with E-state index in [2.05, 4.69) is 20.6 Å². The van der Waals surface area contributed by atoms with Crippen molar-refractivity contribution >= 4 is 17.5 Å². The summed E-state index contributed by atoms with van der Waals surface area (Å²) in [6.07, 6.45) is -0.507. The maximum absolute atomic E-state index is 13.1. The zero-order valence-corrected chi connectivity index (χ0v) is 13.3. The molecule has 0 radical (unpaired) electrons. The van der Waals surface area contributed by atoms with Gasteiger partial charge in [0.25, 0.3) is 0 Å². The highest BCUT2D eigenvalue weighted by Crippen LogP contribution is 2.31. The van der Waals surface area contributed by atoms with Gasteiger partial charge in [-0.25, -0.2) is 4.98 Å². The van der Waals surface area contributed by atoms with Crippen LogP contribution in [0.2, 0.25) is 0 Å². The molecule has 1 aromatic heterocycles. The fourth-order valence-corrected chi connectivity index (χ4v) is 2.82. The Balaban J connectivity index is 1.90. The van der Waals surface area contributed by atoms with Crippen LogP contribution in [0.1, 0.15) is 36.9 Å². The molecule has 128 valence electrons. The highest BCUT2D eigenvalue weighted by molar-refractivity contribution is 5.61. The average molecular weight is 336 g/mol. The van der Waals surface area contributed by atoms with Crippen LogP contribution in [0.3, 0.4) is 0 Å². The summed E-state index contributed by atoms with van der Waals surface area (Å²) in [6, 6.07) is 8.44. The van der Waals surface area contributed by atoms with Crippen LogP contribution in [-0.2, 0) is 6.18 Å². The second-order valence-electron chi connectivity index (χ2n) is 6.03. The van der Waals surface area contributed by atoms with Crippen molar-refractivity contribution in [2.24, 2.45) is 0 Å². The molecule has 1 heterocycles. The van der Waals surface area contributed by atoms with E-state index in [9.17, 15) is 13.2 Å². The topological polar surface area (TPSA) is 49.8 Å². The molecule has 4 nitrogen and oxygen atoms in total. The molecule has 1 aliphatic rings. The first-order valence-corrected chi connectivity index (χ1v) is 7.97. The number of nitrogens with zero attached hydrogens (tertiary/aromatic N) is 2. The molecule has 1 aromatic carbocycles. The average Bonchev–Trinajstić information content (AvgIpc) is 3.01. The number of rotatable bonds is 4. The van der Waals surface area contributed by atoms with E-state index in [1.807, 2.05) is 25.1 Å². The highest BCUT2D eigenvalue weighted by Gasteiger charge is 2.34. The summed E-state index contributed by atoms with van der Waals surface area (Å²) in [6.45, 7) is 1.88. The number of aromatic nitrogens is 2. The van der Waals surface area contributed by atoms with E-state index < -0.39 is 11.9 Å². The molecular weight excluding hydrogens is 317 g/mol. The first-order valence-electron chi connectivity index (χ1n) is 7.97. The molecular formula is C17H19F3N4. The zero-order chi connectivity index (χ0) is 17.2. The van der Waals surface area contributed by atoms with E-state index in [1.54, 1.807) is 6.07 Å². The van der Waals surface area contributed by atoms with Crippen molar-refractivity contribution in [1.82, 2.24) is 9.97 Å². The first kappa shape index (κ1) is 16.5. The Kier molecular flexibility index (Phi) is 4.59. The van der Waals surface area contributed by atoms with Gasteiger partial charge in [-0.05, 0) is 31.4 Å². The van der Waals surface area contributed by atoms with Crippen molar-refractivity contribution in [1.29, 1.82) is 0 Å². The third-order valence-corrected chi connectivity index (χ3v) is 4.11. The molecule has 1 saturated carbocycles. The fourth-order valence-electron chi connectivity index (χ4n) is 2.82. The highest BCUT2D eigenvalue weighted by atomic mass is 19.4. The van der Waals surface area contributed by atoms with Crippen LogP contribution in [-0.4, -0.2) is 16.0 Å². The summed E-state index contributed by atoms with van der Waals surface area (Å²) in [7, 11) is 0. The third kappa shape index (κ3) is 3.96. The molecule has 1 fully saturated rings. The maximum Gasteiger partial charge on any atom is 0.433 e. The van der Waals surface area contributed by atoms with Gasteiger partial charge in [0.05, 0.1) is 0 Å². The van der Waals surface area contributed by atoms with Crippen LogP contribution in [0.4, 0.5) is 30.6 Å². The predicted octanol–water partition coefficient (Wildman–Crippen LogP) is 4.90. The lowest BCUT2D eigenvalue weighted by Gasteiger charge is -2.16. The predicted molar refractivity (Wildman–Crippen MR) is 87.4 cm³/mol. The molecule has 24 heavy (non-hydrogen) atoms. The number of nitrogens with one attached hydrogen (secondary N) is 2. The minimum Gasteiger partial charge on any atom is -0.351 e. The monoisotopic (exact) mass is 336 g/mol. The number of hydrogen-bond donors (Lipinski definition) is 2. The van der Waals surface area contributed by atoms with Gasteiger partial charge in [-0.1, -0.05) is 31.0 Å². The second kappa shape index (κ2) is 6.67. The number of anilines is 3. The van der Waals surface area contributed by atoms with E-state index in [0.717, 1.165) is 43.0 Å². The smallest absolute Gasteiger partial charge is 0.351 e. The molecule has 0 unspecified atom stereocenters. The summed E-state index contributed by atoms with van der Waals surface area (Å²) in [5.41, 5.74) is 0.695. The minimum atomic E-state index is -4.52. The van der Waals surface area contributed by atoms with E-state index in [0.29, 0.717) is 0 Å². The Morgan fingerprint density at radius 3 is 2.46 bits per heavy atom. The SMILES string of the molecule is Cc1ccccc1Nc1cc(C(F)(F)F)nc(NC2CCCC2)n1. The molecule has 0 atom stereocenters. The van der Waals surface area contributed by atoms with Crippen molar-refractivity contribution in [3.63, 3.8) is 0 Å².